The summed E-state index contributed by atoms with van der Waals surface area (Å²) in [6.07, 6.45) is 1.01. The molecule has 0 aliphatic rings. The number of carbonyl (C=O) groups is 2. The van der Waals surface area contributed by atoms with Crippen LogP contribution in [0.2, 0.25) is 10.0 Å². The molecule has 0 saturated heterocycles. The van der Waals surface area contributed by atoms with Crippen LogP contribution in [0.3, 0.4) is 0 Å². The highest BCUT2D eigenvalue weighted by atomic mass is 79.9. The summed E-state index contributed by atoms with van der Waals surface area (Å²) in [6, 6.07) is 9.44. The molecule has 2 aromatic carbocycles. The number of nitrogens with zero attached hydrogens (tertiary/aromatic N) is 1. The molecule has 7 nitrogen and oxygen atoms in total. The Bertz CT molecular complexity index is 1060. The maximum Gasteiger partial charge on any atom is 0.262 e. The van der Waals surface area contributed by atoms with Crippen LogP contribution in [0.15, 0.2) is 46.0 Å². The quantitative estimate of drug-likeness (QED) is 0.250. The van der Waals surface area contributed by atoms with Gasteiger partial charge in [-0.15, -0.1) is 0 Å². The minimum absolute atomic E-state index is 0.0180. The van der Waals surface area contributed by atoms with Crippen molar-refractivity contribution in [2.75, 3.05) is 0 Å². The standard InChI is InChI=1S/C25H30BrCl2N3O4/c1-14(2)10-21(30-24(32)16(5)35-23-9-7-19(27)12-20(23)28)25(33)31-29-13-17-11-18(26)6-8-22(17)34-15(3)4/h6-9,11-16,21H,10H2,1-5H3,(H,30,32)(H,31,33)/b29-13-/t16-,21+/m0/s1. The SMILES string of the molecule is CC(C)C[C@@H](NC(=O)[C@H](C)Oc1ccc(Cl)cc1Cl)C(=O)N/N=C\c1cc(Br)ccc1OC(C)C. The molecule has 0 spiro atoms. The first kappa shape index (κ1) is 28.9. The molecular weight excluding hydrogens is 557 g/mol. The number of ether oxygens (including phenoxy) is 2. The van der Waals surface area contributed by atoms with E-state index in [1.165, 1.54) is 12.3 Å². The summed E-state index contributed by atoms with van der Waals surface area (Å²) in [6.45, 7) is 9.34. The fraction of sp³-hybridized carbons (Fsp3) is 0.400. The highest BCUT2D eigenvalue weighted by molar-refractivity contribution is 9.10. The highest BCUT2D eigenvalue weighted by Crippen LogP contribution is 2.28. The molecule has 0 aromatic heterocycles. The maximum atomic E-state index is 12.8. The molecule has 2 atom stereocenters. The third-order valence-corrected chi connectivity index (χ3v) is 5.64. The summed E-state index contributed by atoms with van der Waals surface area (Å²) in [5.41, 5.74) is 3.21. The zero-order valence-electron chi connectivity index (χ0n) is 20.3. The van der Waals surface area contributed by atoms with Crippen LogP contribution in [0.1, 0.15) is 46.6 Å². The van der Waals surface area contributed by atoms with E-state index in [9.17, 15) is 9.59 Å². The molecule has 0 radical (unpaired) electrons. The number of nitrogens with one attached hydrogen (secondary N) is 2. The van der Waals surface area contributed by atoms with Gasteiger partial charge in [0.15, 0.2) is 6.10 Å². The Kier molecular flexibility index (Phi) is 11.3. The Hall–Kier alpha value is -2.29. The molecule has 0 aliphatic carbocycles. The molecule has 2 aromatic rings. The van der Waals surface area contributed by atoms with Crippen LogP contribution in [0.25, 0.3) is 0 Å². The molecule has 0 heterocycles. The molecule has 0 aliphatic heterocycles. The Labute approximate surface area is 224 Å². The molecule has 10 heteroatoms. The summed E-state index contributed by atoms with van der Waals surface area (Å²) in [4.78, 5) is 25.6. The van der Waals surface area contributed by atoms with E-state index in [1.54, 1.807) is 19.1 Å². The smallest absolute Gasteiger partial charge is 0.262 e. The third kappa shape index (κ3) is 9.70. The van der Waals surface area contributed by atoms with Crippen LogP contribution in [-0.4, -0.2) is 36.3 Å². The first-order valence-corrected chi connectivity index (χ1v) is 12.7. The van der Waals surface area contributed by atoms with Gasteiger partial charge in [-0.25, -0.2) is 5.43 Å². The van der Waals surface area contributed by atoms with Crippen molar-refractivity contribution in [3.8, 4) is 11.5 Å². The lowest BCUT2D eigenvalue weighted by Gasteiger charge is -2.22. The molecule has 2 N–H and O–H groups in total. The number of hydrogen-bond donors (Lipinski definition) is 2. The van der Waals surface area contributed by atoms with Crippen LogP contribution in [0.5, 0.6) is 11.5 Å². The van der Waals surface area contributed by atoms with Crippen molar-refractivity contribution in [1.82, 2.24) is 10.7 Å². The van der Waals surface area contributed by atoms with E-state index in [2.05, 4.69) is 31.8 Å². The van der Waals surface area contributed by atoms with Gasteiger partial charge in [-0.3, -0.25) is 9.59 Å². The molecular formula is C25H30BrCl2N3O4. The van der Waals surface area contributed by atoms with Crippen LogP contribution >= 0.6 is 39.1 Å². The number of benzene rings is 2. The minimum atomic E-state index is -0.892. The van der Waals surface area contributed by atoms with Gasteiger partial charge in [0.1, 0.15) is 17.5 Å². The second-order valence-electron chi connectivity index (χ2n) is 8.61. The maximum absolute atomic E-state index is 12.8. The highest BCUT2D eigenvalue weighted by Gasteiger charge is 2.25. The van der Waals surface area contributed by atoms with E-state index in [4.69, 9.17) is 32.7 Å². The van der Waals surface area contributed by atoms with Crippen LogP contribution in [0, 0.1) is 5.92 Å². The van der Waals surface area contributed by atoms with Crippen LogP contribution < -0.4 is 20.2 Å². The van der Waals surface area contributed by atoms with Gasteiger partial charge in [-0.1, -0.05) is 53.0 Å². The van der Waals surface area contributed by atoms with E-state index >= 15 is 0 Å². The number of rotatable bonds is 11. The van der Waals surface area contributed by atoms with Crippen molar-refractivity contribution in [2.45, 2.75) is 59.3 Å². The van der Waals surface area contributed by atoms with Gasteiger partial charge >= 0.3 is 0 Å². The van der Waals surface area contributed by atoms with Crippen molar-refractivity contribution < 1.29 is 19.1 Å². The predicted octanol–water partition coefficient (Wildman–Crippen LogP) is 5.99. The zero-order valence-corrected chi connectivity index (χ0v) is 23.4. The molecule has 2 rings (SSSR count). The van der Waals surface area contributed by atoms with E-state index in [1.807, 2.05) is 45.9 Å². The molecule has 0 fully saturated rings. The topological polar surface area (TPSA) is 89.0 Å². The van der Waals surface area contributed by atoms with Gasteiger partial charge in [0.05, 0.1) is 17.3 Å². The second kappa shape index (κ2) is 13.7. The summed E-state index contributed by atoms with van der Waals surface area (Å²) < 4.78 is 12.3. The van der Waals surface area contributed by atoms with Gasteiger partial charge in [-0.2, -0.15) is 5.10 Å². The number of hydrazone groups is 1. The van der Waals surface area contributed by atoms with Crippen molar-refractivity contribution in [1.29, 1.82) is 0 Å². The Morgan fingerprint density at radius 2 is 1.69 bits per heavy atom. The fourth-order valence-corrected chi connectivity index (χ4v) is 3.86. The van der Waals surface area contributed by atoms with Crippen molar-refractivity contribution in [2.24, 2.45) is 11.0 Å². The summed E-state index contributed by atoms with van der Waals surface area (Å²) in [7, 11) is 0. The largest absolute Gasteiger partial charge is 0.490 e. The average molecular weight is 587 g/mol. The molecule has 0 bridgehead atoms. The fourth-order valence-electron chi connectivity index (χ4n) is 3.03. The van der Waals surface area contributed by atoms with Crippen LogP contribution in [0.4, 0.5) is 0 Å². The van der Waals surface area contributed by atoms with Crippen molar-refractivity contribution in [3.05, 3.63) is 56.5 Å². The van der Waals surface area contributed by atoms with Crippen LogP contribution in [-0.2, 0) is 9.59 Å². The Morgan fingerprint density at radius 1 is 1.00 bits per heavy atom. The van der Waals surface area contributed by atoms with E-state index in [-0.39, 0.29) is 17.0 Å². The van der Waals surface area contributed by atoms with Crippen molar-refractivity contribution in [3.63, 3.8) is 0 Å². The number of hydrogen-bond acceptors (Lipinski definition) is 5. The first-order valence-electron chi connectivity index (χ1n) is 11.2. The number of amides is 2. The normalized spacial score (nSPS) is 13.1. The lowest BCUT2D eigenvalue weighted by molar-refractivity contribution is -0.132. The van der Waals surface area contributed by atoms with E-state index in [0.717, 1.165) is 4.47 Å². The van der Waals surface area contributed by atoms with E-state index < -0.39 is 24.0 Å². The lowest BCUT2D eigenvalue weighted by atomic mass is 10.0. The summed E-state index contributed by atoms with van der Waals surface area (Å²) in [5.74, 6) is 0.205. The molecule has 0 unspecified atom stereocenters. The number of halogens is 3. The van der Waals surface area contributed by atoms with Gasteiger partial charge in [0.2, 0.25) is 0 Å². The van der Waals surface area contributed by atoms with Crippen molar-refractivity contribution >= 4 is 57.2 Å². The Balaban J connectivity index is 2.06. The van der Waals surface area contributed by atoms with Gasteiger partial charge in [0.25, 0.3) is 11.8 Å². The first-order chi connectivity index (χ1) is 16.5. The molecule has 35 heavy (non-hydrogen) atoms. The van der Waals surface area contributed by atoms with Gasteiger partial charge in [-0.05, 0) is 69.5 Å². The molecule has 0 saturated carbocycles. The number of carbonyl (C=O) groups excluding carboxylic acids is 2. The average Bonchev–Trinajstić information content (AvgIpc) is 2.76. The van der Waals surface area contributed by atoms with Gasteiger partial charge < -0.3 is 14.8 Å². The monoisotopic (exact) mass is 585 g/mol. The molecule has 2 amide bonds. The predicted molar refractivity (Wildman–Crippen MR) is 144 cm³/mol. The Morgan fingerprint density at radius 3 is 2.31 bits per heavy atom. The third-order valence-electron chi connectivity index (χ3n) is 4.62. The van der Waals surface area contributed by atoms with E-state index in [0.29, 0.717) is 28.5 Å². The molecule has 190 valence electrons. The summed E-state index contributed by atoms with van der Waals surface area (Å²) >= 11 is 15.5. The zero-order chi connectivity index (χ0) is 26.1. The lowest BCUT2D eigenvalue weighted by Crippen LogP contribution is -2.49. The summed E-state index contributed by atoms with van der Waals surface area (Å²) in [5, 5.41) is 7.57. The van der Waals surface area contributed by atoms with Gasteiger partial charge in [0, 0.05) is 15.1 Å². The minimum Gasteiger partial charge on any atom is -0.490 e. The second-order valence-corrected chi connectivity index (χ2v) is 10.4.